The Bertz CT molecular complexity index is 1050. The van der Waals surface area contributed by atoms with Crippen LogP contribution in [0.3, 0.4) is 0 Å². The summed E-state index contributed by atoms with van der Waals surface area (Å²) in [6.07, 6.45) is 4.44. The smallest absolute Gasteiger partial charge is 0.290 e. The molecular weight excluding hydrogens is 415 g/mol. The summed E-state index contributed by atoms with van der Waals surface area (Å²) in [6, 6.07) is 1.44. The number of hydrogen-bond donors (Lipinski definition) is 3. The molecule has 11 heteroatoms. The highest BCUT2D eigenvalue weighted by molar-refractivity contribution is 6.32. The fourth-order valence-corrected chi connectivity index (χ4v) is 4.01. The summed E-state index contributed by atoms with van der Waals surface area (Å²) >= 11 is 6.60. The van der Waals surface area contributed by atoms with Gasteiger partial charge in [-0.05, 0) is 12.5 Å². The van der Waals surface area contributed by atoms with Crippen molar-refractivity contribution in [2.75, 3.05) is 25.5 Å². The van der Waals surface area contributed by atoms with Crippen LogP contribution < -0.4 is 5.32 Å². The zero-order valence-corrected chi connectivity index (χ0v) is 17.2. The Morgan fingerprint density at radius 3 is 2.80 bits per heavy atom. The van der Waals surface area contributed by atoms with E-state index in [1.165, 1.54) is 16.5 Å². The van der Waals surface area contributed by atoms with Gasteiger partial charge in [-0.1, -0.05) is 11.6 Å². The van der Waals surface area contributed by atoms with Gasteiger partial charge in [0.05, 0.1) is 24.5 Å². The van der Waals surface area contributed by atoms with Crippen LogP contribution in [0.25, 0.3) is 22.2 Å². The maximum absolute atomic E-state index is 14.7. The van der Waals surface area contributed by atoms with E-state index in [0.717, 1.165) is 22.3 Å². The molecule has 1 fully saturated rings. The van der Waals surface area contributed by atoms with Gasteiger partial charge in [-0.3, -0.25) is 9.59 Å². The number of hydrogen-bond acceptors (Lipinski definition) is 5. The number of aromatic nitrogens is 4. The quantitative estimate of drug-likeness (QED) is 0.543. The van der Waals surface area contributed by atoms with Crippen LogP contribution in [0.5, 0.6) is 0 Å². The molecular formula is C19H22ClFN6O3. The molecule has 30 heavy (non-hydrogen) atoms. The van der Waals surface area contributed by atoms with E-state index in [2.05, 4.69) is 20.4 Å². The third-order valence-electron chi connectivity index (χ3n) is 5.13. The maximum atomic E-state index is 14.7. The number of fused-ring (bicyclic) bond motifs is 1. The molecule has 1 saturated heterocycles. The Balaban J connectivity index is 0.000000806. The molecule has 0 radical (unpaired) electrons. The van der Waals surface area contributed by atoms with Gasteiger partial charge >= 0.3 is 0 Å². The monoisotopic (exact) mass is 436 g/mol. The highest BCUT2D eigenvalue weighted by Crippen LogP contribution is 2.39. The van der Waals surface area contributed by atoms with E-state index in [-0.39, 0.29) is 18.9 Å². The Hall–Kier alpha value is -3.14. The second-order valence-electron chi connectivity index (χ2n) is 6.77. The molecule has 4 rings (SSSR count). The summed E-state index contributed by atoms with van der Waals surface area (Å²) in [5, 5.41) is 15.7. The van der Waals surface area contributed by atoms with Crippen molar-refractivity contribution in [1.29, 1.82) is 0 Å². The lowest BCUT2D eigenvalue weighted by Crippen LogP contribution is -2.45. The summed E-state index contributed by atoms with van der Waals surface area (Å²) in [4.78, 5) is 28.9. The van der Waals surface area contributed by atoms with E-state index in [9.17, 15) is 9.18 Å². The van der Waals surface area contributed by atoms with E-state index < -0.39 is 12.2 Å². The van der Waals surface area contributed by atoms with Crippen molar-refractivity contribution in [1.82, 2.24) is 24.6 Å². The van der Waals surface area contributed by atoms with Crippen LogP contribution in [-0.2, 0) is 9.59 Å². The third-order valence-corrected chi connectivity index (χ3v) is 5.50. The van der Waals surface area contributed by atoms with E-state index in [1.807, 2.05) is 19.3 Å². The number of carboxylic acid groups (broad SMARTS) is 1. The number of carbonyl (C=O) groups is 2. The van der Waals surface area contributed by atoms with E-state index in [1.54, 1.807) is 12.4 Å². The maximum Gasteiger partial charge on any atom is 0.290 e. The van der Waals surface area contributed by atoms with Crippen molar-refractivity contribution in [2.24, 2.45) is 0 Å². The normalized spacial score (nSPS) is 18.6. The minimum absolute atomic E-state index is 0.0597. The number of H-pyrrole nitrogens is 1. The minimum Gasteiger partial charge on any atom is -0.483 e. The van der Waals surface area contributed by atoms with Gasteiger partial charge in [-0.25, -0.2) is 14.1 Å². The Morgan fingerprint density at radius 2 is 2.17 bits per heavy atom. The van der Waals surface area contributed by atoms with Crippen LogP contribution in [0.1, 0.15) is 19.4 Å². The lowest BCUT2D eigenvalue weighted by Gasteiger charge is -2.34. The summed E-state index contributed by atoms with van der Waals surface area (Å²) in [6.45, 7) is 1.75. The molecule has 2 atom stereocenters. The van der Waals surface area contributed by atoms with E-state index >= 15 is 0 Å². The van der Waals surface area contributed by atoms with Crippen LogP contribution in [0.2, 0.25) is 5.15 Å². The Morgan fingerprint density at radius 1 is 1.43 bits per heavy atom. The fourth-order valence-electron chi connectivity index (χ4n) is 3.69. The van der Waals surface area contributed by atoms with Crippen LogP contribution in [0, 0.1) is 0 Å². The average Bonchev–Trinajstić information content (AvgIpc) is 3.34. The first kappa shape index (κ1) is 21.6. The van der Waals surface area contributed by atoms with Crippen LogP contribution in [-0.4, -0.2) is 68.4 Å². The highest BCUT2D eigenvalue weighted by atomic mass is 35.5. The minimum atomic E-state index is -1.22. The molecule has 1 aliphatic rings. The van der Waals surface area contributed by atoms with Gasteiger partial charge in [0.25, 0.3) is 6.47 Å². The number of amides is 1. The van der Waals surface area contributed by atoms with Crippen LogP contribution in [0.15, 0.2) is 24.7 Å². The number of halogens is 2. The van der Waals surface area contributed by atoms with Gasteiger partial charge in [0.2, 0.25) is 5.91 Å². The number of likely N-dealkylation sites (tertiary alicyclic amines) is 1. The van der Waals surface area contributed by atoms with Crippen molar-refractivity contribution in [3.8, 4) is 11.1 Å². The van der Waals surface area contributed by atoms with Crippen molar-refractivity contribution >= 4 is 40.7 Å². The van der Waals surface area contributed by atoms with Gasteiger partial charge in [-0.2, -0.15) is 5.10 Å². The summed E-state index contributed by atoms with van der Waals surface area (Å²) < 4.78 is 16.2. The predicted octanol–water partition coefficient (Wildman–Crippen LogP) is 2.95. The standard InChI is InChI=1S/C18H20ClFN6O.CH2O2/c1-10(27)25-6-4-15(14(20)9-25)26-17(19)13(8-24-26)12-7-23-18-11(3-5-22-18)16(12)21-2;2-1-3/h3,5,7-8,14-15H,4,6,9H2,1-2H3,(H2,21,22,23);1H,(H,2,3)/t14-,15-;/m0./s1. The molecule has 0 aromatic carbocycles. The molecule has 4 heterocycles. The zero-order chi connectivity index (χ0) is 21.8. The highest BCUT2D eigenvalue weighted by Gasteiger charge is 2.34. The van der Waals surface area contributed by atoms with Gasteiger partial charge in [0.15, 0.2) is 0 Å². The number of aromatic amines is 1. The van der Waals surface area contributed by atoms with E-state index in [4.69, 9.17) is 21.5 Å². The molecule has 3 aromatic heterocycles. The van der Waals surface area contributed by atoms with Crippen LogP contribution in [0.4, 0.5) is 10.1 Å². The molecule has 0 saturated carbocycles. The first-order chi connectivity index (χ1) is 14.4. The Kier molecular flexibility index (Phi) is 6.56. The number of pyridine rings is 1. The fraction of sp³-hybridized carbons (Fsp3) is 0.368. The number of rotatable bonds is 3. The summed E-state index contributed by atoms with van der Waals surface area (Å²) in [5.74, 6) is -0.118. The molecule has 0 spiro atoms. The topological polar surface area (TPSA) is 116 Å². The molecule has 0 aliphatic carbocycles. The summed E-state index contributed by atoms with van der Waals surface area (Å²) in [7, 11) is 1.83. The van der Waals surface area contributed by atoms with Gasteiger partial charge < -0.3 is 20.3 Å². The molecule has 160 valence electrons. The lowest BCUT2D eigenvalue weighted by atomic mass is 10.0. The first-order valence-electron chi connectivity index (χ1n) is 9.27. The molecule has 9 nitrogen and oxygen atoms in total. The molecule has 1 aliphatic heterocycles. The van der Waals surface area contributed by atoms with Gasteiger partial charge in [0.1, 0.15) is 17.0 Å². The summed E-state index contributed by atoms with van der Waals surface area (Å²) in [5.41, 5.74) is 3.15. The number of alkyl halides is 1. The number of carbonyl (C=O) groups excluding carboxylic acids is 1. The second kappa shape index (κ2) is 9.12. The third kappa shape index (κ3) is 3.95. The number of nitrogens with zero attached hydrogens (tertiary/aromatic N) is 4. The zero-order valence-electron chi connectivity index (χ0n) is 16.5. The van der Waals surface area contributed by atoms with Crippen LogP contribution >= 0.6 is 11.6 Å². The SMILES string of the molecule is CNc1c(-c2cnn([C@H]3CCN(C(C)=O)C[C@@H]3F)c2Cl)cnc2[nH]ccc12.O=CO. The van der Waals surface area contributed by atoms with Crippen molar-refractivity contribution in [3.05, 3.63) is 29.8 Å². The van der Waals surface area contributed by atoms with Crippen molar-refractivity contribution in [2.45, 2.75) is 25.6 Å². The van der Waals surface area contributed by atoms with Crippen molar-refractivity contribution < 1.29 is 19.1 Å². The number of piperidine rings is 1. The largest absolute Gasteiger partial charge is 0.483 e. The second-order valence-corrected chi connectivity index (χ2v) is 7.13. The average molecular weight is 437 g/mol. The van der Waals surface area contributed by atoms with Crippen molar-refractivity contribution in [3.63, 3.8) is 0 Å². The van der Waals surface area contributed by atoms with Gasteiger partial charge in [0, 0.05) is 49.4 Å². The van der Waals surface area contributed by atoms with Gasteiger partial charge in [-0.15, -0.1) is 0 Å². The first-order valence-corrected chi connectivity index (χ1v) is 9.65. The number of nitrogens with one attached hydrogen (secondary N) is 2. The lowest BCUT2D eigenvalue weighted by molar-refractivity contribution is -0.131. The predicted molar refractivity (Wildman–Crippen MR) is 111 cm³/mol. The number of anilines is 1. The van der Waals surface area contributed by atoms with E-state index in [0.29, 0.717) is 23.7 Å². The molecule has 0 unspecified atom stereocenters. The molecule has 3 N–H and O–H groups in total. The Labute approximate surface area is 176 Å². The molecule has 0 bridgehead atoms. The molecule has 1 amide bonds. The molecule has 3 aromatic rings.